The highest BCUT2D eigenvalue weighted by molar-refractivity contribution is 6.30. The van der Waals surface area contributed by atoms with E-state index in [1.807, 2.05) is 55.5 Å². The molecule has 0 fully saturated rings. The van der Waals surface area contributed by atoms with Gasteiger partial charge in [0.15, 0.2) is 5.82 Å². The Balaban J connectivity index is 2.20. The van der Waals surface area contributed by atoms with Crippen LogP contribution in [0.2, 0.25) is 5.02 Å². The molecule has 0 aliphatic heterocycles. The van der Waals surface area contributed by atoms with Crippen LogP contribution in [0.5, 0.6) is 0 Å². The number of benzene rings is 2. The van der Waals surface area contributed by atoms with Crippen LogP contribution >= 0.6 is 11.6 Å². The molecule has 1 heterocycles. The van der Waals surface area contributed by atoms with Crippen LogP contribution in [0.4, 0.5) is 0 Å². The summed E-state index contributed by atoms with van der Waals surface area (Å²) in [6, 6.07) is 15.3. The monoisotopic (exact) mass is 323 g/mol. The number of nitrogens with zero attached hydrogens (tertiary/aromatic N) is 3. The van der Waals surface area contributed by atoms with Crippen LogP contribution in [-0.4, -0.2) is 21.4 Å². The molecule has 0 aliphatic rings. The normalized spacial score (nSPS) is 11.0. The van der Waals surface area contributed by atoms with Crippen molar-refractivity contribution in [3.05, 3.63) is 70.9 Å². The van der Waals surface area contributed by atoms with Crippen molar-refractivity contribution in [2.24, 2.45) is 5.16 Å². The van der Waals surface area contributed by atoms with E-state index >= 15 is 0 Å². The summed E-state index contributed by atoms with van der Waals surface area (Å²) in [5, 5.41) is 12.7. The summed E-state index contributed by atoms with van der Waals surface area (Å²) < 4.78 is 0. The van der Waals surface area contributed by atoms with Crippen LogP contribution < -0.4 is 0 Å². The molecule has 23 heavy (non-hydrogen) atoms. The lowest BCUT2D eigenvalue weighted by molar-refractivity contribution is 0.322. The lowest BCUT2D eigenvalue weighted by Crippen LogP contribution is -1.99. The van der Waals surface area contributed by atoms with Gasteiger partial charge in [-0.1, -0.05) is 53.2 Å². The Morgan fingerprint density at radius 2 is 1.91 bits per heavy atom. The average Bonchev–Trinajstić information content (AvgIpc) is 2.57. The highest BCUT2D eigenvalue weighted by Crippen LogP contribution is 2.28. The smallest absolute Gasteiger partial charge is 0.159 e. The average molecular weight is 324 g/mol. The van der Waals surface area contributed by atoms with Crippen LogP contribution in [0.3, 0.4) is 0 Å². The first-order valence-electron chi connectivity index (χ1n) is 7.05. The minimum atomic E-state index is 0.616. The Labute approximate surface area is 139 Å². The second kappa shape index (κ2) is 6.58. The Bertz CT molecular complexity index is 863. The fourth-order valence-corrected chi connectivity index (χ4v) is 2.61. The summed E-state index contributed by atoms with van der Waals surface area (Å²) in [5.41, 5.74) is 4.17. The first kappa shape index (κ1) is 15.2. The van der Waals surface area contributed by atoms with Gasteiger partial charge in [-0.2, -0.15) is 0 Å². The lowest BCUT2D eigenvalue weighted by atomic mass is 10.0. The zero-order chi connectivity index (χ0) is 16.2. The van der Waals surface area contributed by atoms with Crippen molar-refractivity contribution >= 4 is 17.8 Å². The molecule has 0 aliphatic carbocycles. The standard InChI is InChI=1S/C18H14ClN3O/c1-12-9-15(19)7-8-16(12)17-14(11-21-23)10-20-18(22-17)13-5-3-2-4-6-13/h2-11,23H,1H3. The Hall–Kier alpha value is -2.72. The fourth-order valence-electron chi connectivity index (χ4n) is 2.38. The van der Waals surface area contributed by atoms with Crippen molar-refractivity contribution in [3.8, 4) is 22.6 Å². The fraction of sp³-hybridized carbons (Fsp3) is 0.0556. The Morgan fingerprint density at radius 1 is 1.13 bits per heavy atom. The van der Waals surface area contributed by atoms with Gasteiger partial charge in [0.2, 0.25) is 0 Å². The number of rotatable bonds is 3. The number of hydrogen-bond acceptors (Lipinski definition) is 4. The third-order valence-corrected chi connectivity index (χ3v) is 3.72. The van der Waals surface area contributed by atoms with E-state index in [4.69, 9.17) is 16.8 Å². The molecule has 3 rings (SSSR count). The van der Waals surface area contributed by atoms with Crippen LogP contribution in [0.15, 0.2) is 59.9 Å². The van der Waals surface area contributed by atoms with E-state index in [1.165, 1.54) is 6.21 Å². The number of hydrogen-bond donors (Lipinski definition) is 1. The third kappa shape index (κ3) is 3.22. The first-order valence-corrected chi connectivity index (χ1v) is 7.43. The zero-order valence-electron chi connectivity index (χ0n) is 12.4. The number of oxime groups is 1. The van der Waals surface area contributed by atoms with E-state index in [0.29, 0.717) is 22.1 Å². The molecule has 0 saturated carbocycles. The molecule has 0 atom stereocenters. The maximum atomic E-state index is 8.88. The number of aryl methyl sites for hydroxylation is 1. The molecule has 0 amide bonds. The van der Waals surface area contributed by atoms with E-state index in [9.17, 15) is 0 Å². The van der Waals surface area contributed by atoms with Gasteiger partial charge >= 0.3 is 0 Å². The highest BCUT2D eigenvalue weighted by atomic mass is 35.5. The van der Waals surface area contributed by atoms with Gasteiger partial charge in [-0.25, -0.2) is 9.97 Å². The molecule has 0 bridgehead atoms. The van der Waals surface area contributed by atoms with Gasteiger partial charge in [0.05, 0.1) is 11.9 Å². The topological polar surface area (TPSA) is 58.4 Å². The van der Waals surface area contributed by atoms with Gasteiger partial charge in [0.25, 0.3) is 0 Å². The zero-order valence-corrected chi connectivity index (χ0v) is 13.2. The summed E-state index contributed by atoms with van der Waals surface area (Å²) in [6.07, 6.45) is 2.98. The molecule has 1 aromatic heterocycles. The quantitative estimate of drug-likeness (QED) is 0.436. The van der Waals surface area contributed by atoms with Crippen molar-refractivity contribution in [1.29, 1.82) is 0 Å². The highest BCUT2D eigenvalue weighted by Gasteiger charge is 2.12. The van der Waals surface area contributed by atoms with Crippen LogP contribution in [0, 0.1) is 6.92 Å². The van der Waals surface area contributed by atoms with Crippen LogP contribution in [0.25, 0.3) is 22.6 Å². The van der Waals surface area contributed by atoms with Crippen LogP contribution in [0.1, 0.15) is 11.1 Å². The van der Waals surface area contributed by atoms with E-state index in [-0.39, 0.29) is 0 Å². The predicted molar refractivity (Wildman–Crippen MR) is 92.0 cm³/mol. The maximum absolute atomic E-state index is 8.88. The van der Waals surface area contributed by atoms with E-state index in [1.54, 1.807) is 6.20 Å². The molecular weight excluding hydrogens is 310 g/mol. The third-order valence-electron chi connectivity index (χ3n) is 3.49. The largest absolute Gasteiger partial charge is 0.411 e. The summed E-state index contributed by atoms with van der Waals surface area (Å²) >= 11 is 6.03. The minimum Gasteiger partial charge on any atom is -0.411 e. The van der Waals surface area contributed by atoms with Crippen molar-refractivity contribution in [2.75, 3.05) is 0 Å². The molecule has 114 valence electrons. The Morgan fingerprint density at radius 3 is 2.61 bits per heavy atom. The molecule has 0 unspecified atom stereocenters. The predicted octanol–water partition coefficient (Wildman–Crippen LogP) is 4.58. The van der Waals surface area contributed by atoms with E-state index < -0.39 is 0 Å². The molecule has 0 radical (unpaired) electrons. The van der Waals surface area contributed by atoms with Crippen molar-refractivity contribution in [3.63, 3.8) is 0 Å². The van der Waals surface area contributed by atoms with Gasteiger partial charge in [-0.05, 0) is 24.6 Å². The molecule has 3 aromatic rings. The SMILES string of the molecule is Cc1cc(Cl)ccc1-c1nc(-c2ccccc2)ncc1C=NO. The summed E-state index contributed by atoms with van der Waals surface area (Å²) in [6.45, 7) is 1.96. The number of aromatic nitrogens is 2. The van der Waals surface area contributed by atoms with Gasteiger partial charge in [0.1, 0.15) is 0 Å². The number of halogens is 1. The second-order valence-corrected chi connectivity index (χ2v) is 5.50. The summed E-state index contributed by atoms with van der Waals surface area (Å²) in [4.78, 5) is 9.03. The lowest BCUT2D eigenvalue weighted by Gasteiger charge is -2.10. The Kier molecular flexibility index (Phi) is 4.35. The molecule has 4 nitrogen and oxygen atoms in total. The van der Waals surface area contributed by atoms with Crippen molar-refractivity contribution in [2.45, 2.75) is 6.92 Å². The minimum absolute atomic E-state index is 0.616. The van der Waals surface area contributed by atoms with Gasteiger partial charge in [-0.15, -0.1) is 0 Å². The first-order chi connectivity index (χ1) is 11.2. The molecule has 0 saturated heterocycles. The molecule has 1 N–H and O–H groups in total. The maximum Gasteiger partial charge on any atom is 0.159 e. The molecular formula is C18H14ClN3O. The van der Waals surface area contributed by atoms with Gasteiger partial charge < -0.3 is 5.21 Å². The van der Waals surface area contributed by atoms with Crippen molar-refractivity contribution in [1.82, 2.24) is 9.97 Å². The molecule has 0 spiro atoms. The van der Waals surface area contributed by atoms with Gasteiger partial charge in [0, 0.05) is 27.9 Å². The van der Waals surface area contributed by atoms with Crippen LogP contribution in [-0.2, 0) is 0 Å². The molecule has 2 aromatic carbocycles. The van der Waals surface area contributed by atoms with E-state index in [2.05, 4.69) is 15.1 Å². The van der Waals surface area contributed by atoms with E-state index in [0.717, 1.165) is 16.7 Å². The van der Waals surface area contributed by atoms with Crippen molar-refractivity contribution < 1.29 is 5.21 Å². The molecule has 5 heteroatoms. The summed E-state index contributed by atoms with van der Waals surface area (Å²) in [5.74, 6) is 0.616. The summed E-state index contributed by atoms with van der Waals surface area (Å²) in [7, 11) is 0. The van der Waals surface area contributed by atoms with Gasteiger partial charge in [-0.3, -0.25) is 0 Å². The second-order valence-electron chi connectivity index (χ2n) is 5.07.